The largest absolute Gasteiger partial charge is 0.329 e. The van der Waals surface area contributed by atoms with Crippen molar-refractivity contribution < 1.29 is 12.8 Å². The maximum atomic E-state index is 14.0. The second-order valence-electron chi connectivity index (χ2n) is 5.64. The van der Waals surface area contributed by atoms with E-state index in [1.165, 1.54) is 22.5 Å². The molecule has 0 radical (unpaired) electrons. The molecule has 0 aromatic heterocycles. The molecule has 0 heterocycles. The van der Waals surface area contributed by atoms with Gasteiger partial charge in [0.15, 0.2) is 0 Å². The van der Waals surface area contributed by atoms with Crippen molar-refractivity contribution >= 4 is 10.0 Å². The lowest BCUT2D eigenvalue weighted by Crippen LogP contribution is -2.54. The Hall–Kier alpha value is -0.980. The second kappa shape index (κ2) is 6.42. The summed E-state index contributed by atoms with van der Waals surface area (Å²) in [6.07, 6.45) is 4.10. The van der Waals surface area contributed by atoms with Gasteiger partial charge in [0, 0.05) is 18.6 Å². The number of halogens is 1. The molecule has 0 spiro atoms. The van der Waals surface area contributed by atoms with Crippen molar-refractivity contribution in [3.05, 3.63) is 30.1 Å². The van der Waals surface area contributed by atoms with E-state index >= 15 is 0 Å². The van der Waals surface area contributed by atoms with Crippen LogP contribution < -0.4 is 5.73 Å². The topological polar surface area (TPSA) is 63.4 Å². The molecular formula is C15H23FN2O2S. The Morgan fingerprint density at radius 1 is 1.29 bits per heavy atom. The zero-order valence-electron chi connectivity index (χ0n) is 12.4. The van der Waals surface area contributed by atoms with Crippen LogP contribution in [-0.2, 0) is 10.0 Å². The highest BCUT2D eigenvalue weighted by atomic mass is 32.2. The molecule has 1 aliphatic carbocycles. The Morgan fingerprint density at radius 2 is 1.90 bits per heavy atom. The van der Waals surface area contributed by atoms with Crippen LogP contribution in [0, 0.1) is 5.82 Å². The highest BCUT2D eigenvalue weighted by Crippen LogP contribution is 2.38. The number of nitrogens with zero attached hydrogens (tertiary/aromatic N) is 1. The van der Waals surface area contributed by atoms with Crippen LogP contribution in [0.4, 0.5) is 4.39 Å². The van der Waals surface area contributed by atoms with E-state index in [1.54, 1.807) is 6.07 Å². The van der Waals surface area contributed by atoms with E-state index in [4.69, 9.17) is 5.73 Å². The molecule has 21 heavy (non-hydrogen) atoms. The first kappa shape index (κ1) is 16.4. The van der Waals surface area contributed by atoms with Crippen molar-refractivity contribution in [2.24, 2.45) is 5.73 Å². The summed E-state index contributed by atoms with van der Waals surface area (Å²) in [4.78, 5) is -0.252. The van der Waals surface area contributed by atoms with Crippen molar-refractivity contribution in [3.63, 3.8) is 0 Å². The number of hydrogen-bond acceptors (Lipinski definition) is 3. The number of hydrogen-bond donors (Lipinski definition) is 1. The summed E-state index contributed by atoms with van der Waals surface area (Å²) < 4.78 is 41.3. The van der Waals surface area contributed by atoms with E-state index < -0.39 is 21.4 Å². The summed E-state index contributed by atoms with van der Waals surface area (Å²) in [6, 6.07) is 5.55. The van der Waals surface area contributed by atoms with E-state index in [1.807, 2.05) is 6.92 Å². The van der Waals surface area contributed by atoms with Gasteiger partial charge in [-0.3, -0.25) is 0 Å². The van der Waals surface area contributed by atoms with Gasteiger partial charge in [-0.15, -0.1) is 0 Å². The Kier molecular flexibility index (Phi) is 5.01. The molecule has 0 unspecified atom stereocenters. The van der Waals surface area contributed by atoms with Crippen LogP contribution in [0.1, 0.15) is 39.0 Å². The quantitative estimate of drug-likeness (QED) is 0.877. The molecule has 2 rings (SSSR count). The average molecular weight is 314 g/mol. The van der Waals surface area contributed by atoms with E-state index in [0.29, 0.717) is 13.0 Å². The van der Waals surface area contributed by atoms with Gasteiger partial charge in [-0.25, -0.2) is 12.8 Å². The lowest BCUT2D eigenvalue weighted by molar-refractivity contribution is 0.197. The first-order chi connectivity index (χ1) is 9.98. The first-order valence-corrected chi connectivity index (χ1v) is 8.89. The molecule has 1 aromatic carbocycles. The summed E-state index contributed by atoms with van der Waals surface area (Å²) in [5.41, 5.74) is 5.35. The van der Waals surface area contributed by atoms with Gasteiger partial charge >= 0.3 is 0 Å². The van der Waals surface area contributed by atoms with Gasteiger partial charge in [-0.2, -0.15) is 4.31 Å². The van der Waals surface area contributed by atoms with Crippen LogP contribution in [0.15, 0.2) is 29.2 Å². The molecule has 0 bridgehead atoms. The molecule has 0 amide bonds. The standard InChI is InChI=1S/C15H23FN2O2S/c1-2-11-18(15(12-17)9-5-6-10-15)21(19,20)14-8-4-3-7-13(14)16/h3-4,7-8H,2,5-6,9-12,17H2,1H3. The lowest BCUT2D eigenvalue weighted by atomic mass is 9.98. The fourth-order valence-electron chi connectivity index (χ4n) is 3.18. The zero-order chi connectivity index (χ0) is 15.5. The van der Waals surface area contributed by atoms with Gasteiger partial charge in [0.1, 0.15) is 10.7 Å². The molecule has 1 aliphatic rings. The molecule has 1 saturated carbocycles. The minimum absolute atomic E-state index is 0.252. The van der Waals surface area contributed by atoms with Crippen molar-refractivity contribution in [3.8, 4) is 0 Å². The highest BCUT2D eigenvalue weighted by Gasteiger charge is 2.45. The SMILES string of the molecule is CCCN(C1(CN)CCCC1)S(=O)(=O)c1ccccc1F. The Labute approximate surface area is 126 Å². The third-order valence-corrected chi connectivity index (χ3v) is 6.31. The van der Waals surface area contributed by atoms with Gasteiger partial charge in [-0.1, -0.05) is 31.9 Å². The summed E-state index contributed by atoms with van der Waals surface area (Å²) >= 11 is 0. The Balaban J connectivity index is 2.49. The van der Waals surface area contributed by atoms with Gasteiger partial charge in [0.2, 0.25) is 10.0 Å². The molecule has 4 nitrogen and oxygen atoms in total. The lowest BCUT2D eigenvalue weighted by Gasteiger charge is -2.39. The number of rotatable bonds is 6. The van der Waals surface area contributed by atoms with Crippen LogP contribution in [0.2, 0.25) is 0 Å². The van der Waals surface area contributed by atoms with Crippen molar-refractivity contribution in [2.75, 3.05) is 13.1 Å². The van der Waals surface area contributed by atoms with Crippen LogP contribution in [0.3, 0.4) is 0 Å². The molecule has 118 valence electrons. The fourth-order valence-corrected chi connectivity index (χ4v) is 5.17. The maximum absolute atomic E-state index is 14.0. The van der Waals surface area contributed by atoms with Gasteiger partial charge < -0.3 is 5.73 Å². The number of sulfonamides is 1. The zero-order valence-corrected chi connectivity index (χ0v) is 13.2. The molecule has 1 aromatic rings. The number of nitrogens with two attached hydrogens (primary N) is 1. The van der Waals surface area contributed by atoms with Gasteiger partial charge in [0.05, 0.1) is 0 Å². The molecular weight excluding hydrogens is 291 g/mol. The second-order valence-corrected chi connectivity index (χ2v) is 7.47. The summed E-state index contributed by atoms with van der Waals surface area (Å²) in [7, 11) is -3.87. The monoisotopic (exact) mass is 314 g/mol. The van der Waals surface area contributed by atoms with Crippen molar-refractivity contribution in [1.82, 2.24) is 4.31 Å². The first-order valence-electron chi connectivity index (χ1n) is 7.45. The fraction of sp³-hybridized carbons (Fsp3) is 0.600. The van der Waals surface area contributed by atoms with E-state index in [0.717, 1.165) is 25.7 Å². The molecule has 2 N–H and O–H groups in total. The van der Waals surface area contributed by atoms with Gasteiger partial charge in [-0.05, 0) is 31.4 Å². The molecule has 6 heteroatoms. The summed E-state index contributed by atoms with van der Waals surface area (Å²) in [5, 5.41) is 0. The third kappa shape index (κ3) is 2.98. The molecule has 0 atom stereocenters. The van der Waals surface area contributed by atoms with Crippen LogP contribution in [0.25, 0.3) is 0 Å². The van der Waals surface area contributed by atoms with E-state index in [9.17, 15) is 12.8 Å². The summed E-state index contributed by atoms with van der Waals surface area (Å²) in [5.74, 6) is -0.705. The average Bonchev–Trinajstić information content (AvgIpc) is 2.94. The van der Waals surface area contributed by atoms with Crippen molar-refractivity contribution in [2.45, 2.75) is 49.5 Å². The highest BCUT2D eigenvalue weighted by molar-refractivity contribution is 7.89. The summed E-state index contributed by atoms with van der Waals surface area (Å²) in [6.45, 7) is 2.57. The predicted molar refractivity (Wildman–Crippen MR) is 80.8 cm³/mol. The van der Waals surface area contributed by atoms with Crippen LogP contribution in [-0.4, -0.2) is 31.4 Å². The van der Waals surface area contributed by atoms with E-state index in [-0.39, 0.29) is 11.4 Å². The minimum Gasteiger partial charge on any atom is -0.329 e. The maximum Gasteiger partial charge on any atom is 0.246 e. The smallest absolute Gasteiger partial charge is 0.246 e. The number of benzene rings is 1. The molecule has 1 fully saturated rings. The molecule has 0 aliphatic heterocycles. The normalized spacial score (nSPS) is 18.3. The van der Waals surface area contributed by atoms with Crippen molar-refractivity contribution in [1.29, 1.82) is 0 Å². The van der Waals surface area contributed by atoms with E-state index in [2.05, 4.69) is 0 Å². The Bertz CT molecular complexity index is 583. The molecule has 0 saturated heterocycles. The predicted octanol–water partition coefficient (Wildman–Crippen LogP) is 2.50. The van der Waals surface area contributed by atoms with Crippen LogP contribution >= 0.6 is 0 Å². The third-order valence-electron chi connectivity index (χ3n) is 4.27. The Morgan fingerprint density at radius 3 is 2.43 bits per heavy atom. The van der Waals surface area contributed by atoms with Crippen LogP contribution in [0.5, 0.6) is 0 Å². The minimum atomic E-state index is -3.87. The van der Waals surface area contributed by atoms with Gasteiger partial charge in [0.25, 0.3) is 0 Å².